The van der Waals surface area contributed by atoms with Crippen LogP contribution >= 0.6 is 35.6 Å². The van der Waals surface area contributed by atoms with Crippen molar-refractivity contribution in [1.29, 1.82) is 0 Å². The molecule has 0 aliphatic carbocycles. The zero-order chi connectivity index (χ0) is 21.3. The number of nitrogens with zero attached hydrogens (tertiary/aromatic N) is 1. The van der Waals surface area contributed by atoms with Gasteiger partial charge in [0.2, 0.25) is 10.0 Å². The highest BCUT2D eigenvalue weighted by atomic mass is 127. The Morgan fingerprint density at radius 2 is 1.80 bits per heavy atom. The number of aliphatic imine (C=N–C) groups is 1. The molecular weight excluding hydrogens is 539 g/mol. The molecule has 0 heterocycles. The average Bonchev–Trinajstić information content (AvgIpc) is 2.70. The molecule has 4 N–H and O–H groups in total. The van der Waals surface area contributed by atoms with Gasteiger partial charge in [-0.05, 0) is 37.6 Å². The monoisotopic (exact) mass is 566 g/mol. The fraction of sp³-hybridized carbons (Fsp3) is 0.350. The van der Waals surface area contributed by atoms with Crippen molar-refractivity contribution in [2.75, 3.05) is 26.2 Å². The highest BCUT2D eigenvalue weighted by Crippen LogP contribution is 2.20. The van der Waals surface area contributed by atoms with E-state index in [1.54, 1.807) is 19.1 Å². The van der Waals surface area contributed by atoms with Crippen LogP contribution in [0.5, 0.6) is 0 Å². The Labute approximate surface area is 200 Å². The molecule has 2 aromatic carbocycles. The lowest BCUT2D eigenvalue weighted by Crippen LogP contribution is -2.42. The van der Waals surface area contributed by atoms with E-state index < -0.39 is 15.6 Å². The normalized spacial score (nSPS) is 13.8. The Hall–Kier alpha value is -1.40. The van der Waals surface area contributed by atoms with Gasteiger partial charge >= 0.3 is 0 Å². The molecule has 0 saturated carbocycles. The van der Waals surface area contributed by atoms with Gasteiger partial charge in [-0.1, -0.05) is 48.0 Å². The van der Waals surface area contributed by atoms with Gasteiger partial charge < -0.3 is 15.7 Å². The fourth-order valence-electron chi connectivity index (χ4n) is 2.55. The SMILES string of the molecule is CCNC(=NCC(C)(O)c1ccccc1)NCCNS(=O)(=O)c1cccc(Cl)c1.I. The van der Waals surface area contributed by atoms with Crippen molar-refractivity contribution < 1.29 is 13.5 Å². The fourth-order valence-corrected chi connectivity index (χ4v) is 3.88. The molecule has 0 amide bonds. The lowest BCUT2D eigenvalue weighted by molar-refractivity contribution is 0.0672. The van der Waals surface area contributed by atoms with Crippen molar-refractivity contribution in [2.24, 2.45) is 4.99 Å². The van der Waals surface area contributed by atoms with Gasteiger partial charge in [0.1, 0.15) is 5.60 Å². The van der Waals surface area contributed by atoms with E-state index >= 15 is 0 Å². The van der Waals surface area contributed by atoms with Crippen molar-refractivity contribution in [3.05, 3.63) is 65.2 Å². The van der Waals surface area contributed by atoms with Crippen molar-refractivity contribution in [3.63, 3.8) is 0 Å². The Morgan fingerprint density at radius 1 is 1.10 bits per heavy atom. The standard InChI is InChI=1S/C20H27ClN4O3S.HI/c1-3-22-19(24-15-20(2,26)16-8-5-4-6-9-16)23-12-13-25-29(27,28)18-11-7-10-17(21)14-18;/h4-11,14,25-26H,3,12-13,15H2,1-2H3,(H2,22,23,24);1H. The smallest absolute Gasteiger partial charge is 0.240 e. The number of nitrogens with one attached hydrogen (secondary N) is 3. The first-order chi connectivity index (χ1) is 13.7. The van der Waals surface area contributed by atoms with Gasteiger partial charge in [0.25, 0.3) is 0 Å². The molecular formula is C20H28ClIN4O3S. The molecule has 0 radical (unpaired) electrons. The summed E-state index contributed by atoms with van der Waals surface area (Å²) in [4.78, 5) is 4.53. The molecule has 0 aliphatic rings. The molecule has 30 heavy (non-hydrogen) atoms. The van der Waals surface area contributed by atoms with E-state index in [1.165, 1.54) is 12.1 Å². The van der Waals surface area contributed by atoms with Crippen LogP contribution in [-0.4, -0.2) is 45.7 Å². The molecule has 0 spiro atoms. The minimum Gasteiger partial charge on any atom is -0.384 e. The number of guanidine groups is 1. The van der Waals surface area contributed by atoms with Gasteiger partial charge in [-0.25, -0.2) is 18.1 Å². The second kappa shape index (κ2) is 12.5. The topological polar surface area (TPSA) is 103 Å². The number of sulfonamides is 1. The summed E-state index contributed by atoms with van der Waals surface area (Å²) in [6.07, 6.45) is 0. The minimum atomic E-state index is -3.64. The molecule has 0 aliphatic heterocycles. The summed E-state index contributed by atoms with van der Waals surface area (Å²) in [5, 5.41) is 17.2. The maximum absolute atomic E-state index is 12.3. The molecule has 2 aromatic rings. The van der Waals surface area contributed by atoms with Crippen LogP contribution in [0.1, 0.15) is 19.4 Å². The molecule has 0 saturated heterocycles. The number of benzene rings is 2. The van der Waals surface area contributed by atoms with E-state index in [0.29, 0.717) is 24.1 Å². The van der Waals surface area contributed by atoms with Crippen LogP contribution in [0, 0.1) is 0 Å². The molecule has 1 atom stereocenters. The largest absolute Gasteiger partial charge is 0.384 e. The third kappa shape index (κ3) is 8.38. The molecule has 2 rings (SSSR count). The molecule has 0 bridgehead atoms. The van der Waals surface area contributed by atoms with E-state index in [9.17, 15) is 13.5 Å². The Balaban J connectivity index is 0.00000450. The predicted octanol–water partition coefficient (Wildman–Crippen LogP) is 2.70. The number of halogens is 2. The highest BCUT2D eigenvalue weighted by molar-refractivity contribution is 14.0. The summed E-state index contributed by atoms with van der Waals surface area (Å²) >= 11 is 5.86. The molecule has 7 nitrogen and oxygen atoms in total. The van der Waals surface area contributed by atoms with Crippen LogP contribution < -0.4 is 15.4 Å². The van der Waals surface area contributed by atoms with E-state index in [2.05, 4.69) is 20.3 Å². The van der Waals surface area contributed by atoms with Crippen molar-refractivity contribution in [1.82, 2.24) is 15.4 Å². The van der Waals surface area contributed by atoms with Gasteiger partial charge in [0, 0.05) is 24.7 Å². The maximum Gasteiger partial charge on any atom is 0.240 e. The van der Waals surface area contributed by atoms with Gasteiger partial charge in [0.15, 0.2) is 5.96 Å². The van der Waals surface area contributed by atoms with Crippen molar-refractivity contribution in [3.8, 4) is 0 Å². The van der Waals surface area contributed by atoms with Crippen LogP contribution in [0.15, 0.2) is 64.5 Å². The highest BCUT2D eigenvalue weighted by Gasteiger charge is 2.22. The predicted molar refractivity (Wildman–Crippen MR) is 132 cm³/mol. The van der Waals surface area contributed by atoms with E-state index in [1.807, 2.05) is 37.3 Å². The zero-order valence-electron chi connectivity index (χ0n) is 16.9. The average molecular weight is 567 g/mol. The van der Waals surface area contributed by atoms with Gasteiger partial charge in [-0.3, -0.25) is 0 Å². The Bertz CT molecular complexity index is 925. The van der Waals surface area contributed by atoms with Crippen molar-refractivity contribution in [2.45, 2.75) is 24.3 Å². The molecule has 0 aromatic heterocycles. The summed E-state index contributed by atoms with van der Waals surface area (Å²) < 4.78 is 27.1. The third-order valence-electron chi connectivity index (χ3n) is 4.10. The second-order valence-electron chi connectivity index (χ2n) is 6.62. The summed E-state index contributed by atoms with van der Waals surface area (Å²) in [7, 11) is -3.64. The second-order valence-corrected chi connectivity index (χ2v) is 8.82. The van der Waals surface area contributed by atoms with Crippen molar-refractivity contribution >= 4 is 51.6 Å². The number of hydrogen-bond donors (Lipinski definition) is 4. The molecule has 0 fully saturated rings. The lowest BCUT2D eigenvalue weighted by atomic mass is 9.96. The van der Waals surface area contributed by atoms with Crippen LogP contribution in [-0.2, 0) is 15.6 Å². The molecule has 166 valence electrons. The molecule has 10 heteroatoms. The number of hydrogen-bond acceptors (Lipinski definition) is 4. The van der Waals surface area contributed by atoms with Crippen LogP contribution in [0.2, 0.25) is 5.02 Å². The summed E-state index contributed by atoms with van der Waals surface area (Å²) in [6, 6.07) is 15.4. The van der Waals surface area contributed by atoms with E-state index in [0.717, 1.165) is 5.56 Å². The van der Waals surface area contributed by atoms with Gasteiger partial charge in [-0.15, -0.1) is 24.0 Å². The lowest BCUT2D eigenvalue weighted by Gasteiger charge is -2.22. The van der Waals surface area contributed by atoms with Crippen LogP contribution in [0.4, 0.5) is 0 Å². The van der Waals surface area contributed by atoms with Gasteiger partial charge in [0.05, 0.1) is 11.4 Å². The first kappa shape index (κ1) is 26.6. The quantitative estimate of drug-likeness (QED) is 0.162. The maximum atomic E-state index is 12.3. The summed E-state index contributed by atoms with van der Waals surface area (Å²) in [6.45, 7) is 4.89. The Morgan fingerprint density at radius 3 is 2.43 bits per heavy atom. The summed E-state index contributed by atoms with van der Waals surface area (Å²) in [5.74, 6) is 0.491. The third-order valence-corrected chi connectivity index (χ3v) is 5.79. The van der Waals surface area contributed by atoms with E-state index in [4.69, 9.17) is 11.6 Å². The van der Waals surface area contributed by atoms with E-state index in [-0.39, 0.29) is 42.0 Å². The minimum absolute atomic E-state index is 0. The number of aliphatic hydroxyl groups is 1. The van der Waals surface area contributed by atoms with Crippen LogP contribution in [0.3, 0.4) is 0 Å². The Kier molecular flexibility index (Phi) is 11.1. The first-order valence-electron chi connectivity index (χ1n) is 9.30. The van der Waals surface area contributed by atoms with Crippen LogP contribution in [0.25, 0.3) is 0 Å². The zero-order valence-corrected chi connectivity index (χ0v) is 20.8. The van der Waals surface area contributed by atoms with Gasteiger partial charge in [-0.2, -0.15) is 0 Å². The summed E-state index contributed by atoms with van der Waals surface area (Å²) in [5.41, 5.74) is -0.341. The first-order valence-corrected chi connectivity index (χ1v) is 11.2. The molecule has 1 unspecified atom stereocenters. The number of rotatable bonds is 9.